The molecule has 29 heavy (non-hydrogen) atoms. The minimum Gasteiger partial charge on any atom is -0.357 e. The smallest absolute Gasteiger partial charge is 0.224 e. The van der Waals surface area contributed by atoms with Gasteiger partial charge in [-0.15, -0.1) is 24.0 Å². The number of halogens is 3. The van der Waals surface area contributed by atoms with Gasteiger partial charge in [-0.3, -0.25) is 4.79 Å². The summed E-state index contributed by atoms with van der Waals surface area (Å²) in [6.45, 7) is 5.69. The van der Waals surface area contributed by atoms with Gasteiger partial charge in [0.1, 0.15) is 11.6 Å². The minimum absolute atomic E-state index is 0. The number of benzene rings is 2. The molecule has 3 N–H and O–H groups in total. The van der Waals surface area contributed by atoms with Crippen molar-refractivity contribution >= 4 is 35.8 Å². The van der Waals surface area contributed by atoms with Crippen molar-refractivity contribution in [2.45, 2.75) is 26.8 Å². The quantitative estimate of drug-likeness (QED) is 0.219. The van der Waals surface area contributed by atoms with Gasteiger partial charge in [0, 0.05) is 19.6 Å². The number of nitrogens with zero attached hydrogens (tertiary/aromatic N) is 1. The number of nitrogens with one attached hydrogen (secondary N) is 3. The predicted molar refractivity (Wildman–Crippen MR) is 122 cm³/mol. The van der Waals surface area contributed by atoms with Crippen molar-refractivity contribution < 1.29 is 13.6 Å². The number of guanidine groups is 1. The van der Waals surface area contributed by atoms with E-state index in [9.17, 15) is 13.6 Å². The van der Waals surface area contributed by atoms with E-state index in [-0.39, 0.29) is 47.9 Å². The van der Waals surface area contributed by atoms with Crippen molar-refractivity contribution in [1.29, 1.82) is 0 Å². The van der Waals surface area contributed by atoms with Gasteiger partial charge in [-0.25, -0.2) is 13.8 Å². The van der Waals surface area contributed by atoms with Crippen LogP contribution in [0.25, 0.3) is 0 Å². The van der Waals surface area contributed by atoms with Crippen molar-refractivity contribution in [2.24, 2.45) is 4.99 Å². The van der Waals surface area contributed by atoms with Gasteiger partial charge in [0.2, 0.25) is 5.91 Å². The number of hydrogen-bond acceptors (Lipinski definition) is 2. The Hall–Kier alpha value is -2.23. The molecule has 5 nitrogen and oxygen atoms in total. The Morgan fingerprint density at radius 1 is 1.00 bits per heavy atom. The molecule has 0 aliphatic rings. The highest BCUT2D eigenvalue weighted by Gasteiger charge is 2.04. The number of aliphatic imine (C=N–C) groups is 1. The molecule has 0 saturated carbocycles. The number of rotatable bonds is 8. The van der Waals surface area contributed by atoms with Crippen molar-refractivity contribution in [2.75, 3.05) is 19.6 Å². The second-order valence-corrected chi connectivity index (χ2v) is 6.36. The summed E-state index contributed by atoms with van der Waals surface area (Å²) in [5, 5.41) is 9.05. The molecule has 2 aromatic carbocycles. The van der Waals surface area contributed by atoms with Crippen molar-refractivity contribution in [3.05, 3.63) is 70.8 Å². The molecule has 2 aromatic rings. The van der Waals surface area contributed by atoms with Crippen molar-refractivity contribution in [3.63, 3.8) is 0 Å². The summed E-state index contributed by atoms with van der Waals surface area (Å²) in [5.41, 5.74) is 2.14. The number of amides is 1. The highest BCUT2D eigenvalue weighted by Crippen LogP contribution is 2.10. The summed E-state index contributed by atoms with van der Waals surface area (Å²) in [7, 11) is 0. The van der Waals surface area contributed by atoms with Gasteiger partial charge in [0.25, 0.3) is 0 Å². The lowest BCUT2D eigenvalue weighted by Crippen LogP contribution is -2.41. The van der Waals surface area contributed by atoms with Gasteiger partial charge in [-0.2, -0.15) is 0 Å². The molecular formula is C21H27F2IN4O. The first-order valence-electron chi connectivity index (χ1n) is 9.26. The Morgan fingerprint density at radius 2 is 1.76 bits per heavy atom. The number of aryl methyl sites for hydroxylation is 1. The molecule has 0 heterocycles. The average Bonchev–Trinajstić information content (AvgIpc) is 2.66. The lowest BCUT2D eigenvalue weighted by Gasteiger charge is -2.12. The van der Waals surface area contributed by atoms with Gasteiger partial charge < -0.3 is 16.0 Å². The fourth-order valence-electron chi connectivity index (χ4n) is 2.59. The topological polar surface area (TPSA) is 65.5 Å². The van der Waals surface area contributed by atoms with Crippen LogP contribution >= 0.6 is 24.0 Å². The third-order valence-corrected chi connectivity index (χ3v) is 3.98. The molecule has 158 valence electrons. The van der Waals surface area contributed by atoms with Crippen LogP contribution in [0, 0.1) is 18.6 Å². The van der Waals surface area contributed by atoms with Crippen molar-refractivity contribution in [1.82, 2.24) is 16.0 Å². The van der Waals surface area contributed by atoms with Crippen LogP contribution in [0.4, 0.5) is 8.78 Å². The SMILES string of the molecule is CCNC(=NCc1ccc(F)c(C)c1)NCCNC(=O)Cc1cccc(F)c1.I. The molecule has 0 aliphatic heterocycles. The van der Waals surface area contributed by atoms with Crippen LogP contribution in [0.1, 0.15) is 23.6 Å². The highest BCUT2D eigenvalue weighted by molar-refractivity contribution is 14.0. The zero-order valence-electron chi connectivity index (χ0n) is 16.6. The summed E-state index contributed by atoms with van der Waals surface area (Å²) in [6, 6.07) is 10.9. The normalized spacial score (nSPS) is 10.8. The molecule has 0 aliphatic carbocycles. The predicted octanol–water partition coefficient (Wildman–Crippen LogP) is 3.31. The molecule has 0 bridgehead atoms. The average molecular weight is 516 g/mol. The first-order chi connectivity index (χ1) is 13.5. The molecule has 0 atom stereocenters. The largest absolute Gasteiger partial charge is 0.357 e. The van der Waals surface area contributed by atoms with E-state index in [4.69, 9.17) is 0 Å². The lowest BCUT2D eigenvalue weighted by atomic mass is 10.1. The number of hydrogen-bond donors (Lipinski definition) is 3. The van der Waals surface area contributed by atoms with E-state index >= 15 is 0 Å². The van der Waals surface area contributed by atoms with Crippen LogP contribution in [-0.2, 0) is 17.8 Å². The second-order valence-electron chi connectivity index (χ2n) is 6.36. The van der Waals surface area contributed by atoms with Gasteiger partial charge >= 0.3 is 0 Å². The Balaban J connectivity index is 0.00000420. The maximum absolute atomic E-state index is 13.3. The van der Waals surface area contributed by atoms with E-state index in [1.807, 2.05) is 6.92 Å². The van der Waals surface area contributed by atoms with Gasteiger partial charge in [0.15, 0.2) is 5.96 Å². The molecule has 2 rings (SSSR count). The number of carbonyl (C=O) groups is 1. The zero-order valence-corrected chi connectivity index (χ0v) is 18.9. The third kappa shape index (κ3) is 9.21. The highest BCUT2D eigenvalue weighted by atomic mass is 127. The fraction of sp³-hybridized carbons (Fsp3) is 0.333. The first-order valence-corrected chi connectivity index (χ1v) is 9.26. The van der Waals surface area contributed by atoms with E-state index in [0.717, 1.165) is 5.56 Å². The summed E-state index contributed by atoms with van der Waals surface area (Å²) >= 11 is 0. The number of carbonyl (C=O) groups excluding carboxylic acids is 1. The van der Waals surface area contributed by atoms with Gasteiger partial charge in [-0.05, 0) is 48.7 Å². The molecule has 8 heteroatoms. The van der Waals surface area contributed by atoms with E-state index in [2.05, 4.69) is 20.9 Å². The Bertz CT molecular complexity index is 830. The summed E-state index contributed by atoms with van der Waals surface area (Å²) in [6.07, 6.45) is 0.135. The standard InChI is InChI=1S/C21H26F2N4O.HI/c1-3-24-21(27-14-17-7-8-19(23)15(2)11-17)26-10-9-25-20(28)13-16-5-4-6-18(22)12-16;/h4-8,11-12H,3,9-10,13-14H2,1-2H3,(H,25,28)(H2,24,26,27);1H. The monoisotopic (exact) mass is 516 g/mol. The van der Waals surface area contributed by atoms with E-state index < -0.39 is 0 Å². The van der Waals surface area contributed by atoms with Crippen LogP contribution in [0.3, 0.4) is 0 Å². The van der Waals surface area contributed by atoms with Crippen LogP contribution in [0.5, 0.6) is 0 Å². The molecule has 0 spiro atoms. The molecular weight excluding hydrogens is 489 g/mol. The maximum Gasteiger partial charge on any atom is 0.224 e. The molecule has 0 aromatic heterocycles. The summed E-state index contributed by atoms with van der Waals surface area (Å²) in [5.74, 6) is -0.137. The van der Waals surface area contributed by atoms with Crippen LogP contribution in [-0.4, -0.2) is 31.5 Å². The lowest BCUT2D eigenvalue weighted by molar-refractivity contribution is -0.120. The molecule has 0 saturated heterocycles. The Labute approximate surface area is 187 Å². The first kappa shape index (κ1) is 24.8. The van der Waals surface area contributed by atoms with E-state index in [0.29, 0.717) is 43.3 Å². The van der Waals surface area contributed by atoms with Gasteiger partial charge in [-0.1, -0.05) is 24.3 Å². The second kappa shape index (κ2) is 13.1. The maximum atomic E-state index is 13.3. The Morgan fingerprint density at radius 3 is 2.45 bits per heavy atom. The fourth-order valence-corrected chi connectivity index (χ4v) is 2.59. The molecule has 0 unspecified atom stereocenters. The van der Waals surface area contributed by atoms with E-state index in [1.54, 1.807) is 31.2 Å². The van der Waals surface area contributed by atoms with Crippen LogP contribution < -0.4 is 16.0 Å². The Kier molecular flexibility index (Phi) is 11.2. The van der Waals surface area contributed by atoms with E-state index in [1.165, 1.54) is 18.2 Å². The minimum atomic E-state index is -0.352. The molecule has 0 fully saturated rings. The van der Waals surface area contributed by atoms with Gasteiger partial charge in [0.05, 0.1) is 13.0 Å². The zero-order chi connectivity index (χ0) is 20.4. The van der Waals surface area contributed by atoms with Crippen molar-refractivity contribution in [3.8, 4) is 0 Å². The summed E-state index contributed by atoms with van der Waals surface area (Å²) in [4.78, 5) is 16.4. The summed E-state index contributed by atoms with van der Waals surface area (Å²) < 4.78 is 26.5. The third-order valence-electron chi connectivity index (χ3n) is 3.98. The molecule has 0 radical (unpaired) electrons. The van der Waals surface area contributed by atoms with Crippen LogP contribution in [0.15, 0.2) is 47.5 Å². The molecule has 1 amide bonds. The van der Waals surface area contributed by atoms with Crippen LogP contribution in [0.2, 0.25) is 0 Å².